The van der Waals surface area contributed by atoms with E-state index in [2.05, 4.69) is 29.3 Å². The minimum atomic E-state index is 0.702. The lowest BCUT2D eigenvalue weighted by Crippen LogP contribution is -1.86. The number of benzene rings is 2. The summed E-state index contributed by atoms with van der Waals surface area (Å²) >= 11 is 0. The average Bonchev–Trinajstić information content (AvgIpc) is 2.80. The molecule has 0 aliphatic carbocycles. The SMILES string of the molecule is N#Cc1ccc2[nH]c(Cc3ccccc3)cc2c1. The second-order valence-electron chi connectivity index (χ2n) is 4.37. The zero-order chi connectivity index (χ0) is 12.4. The topological polar surface area (TPSA) is 39.6 Å². The van der Waals surface area contributed by atoms with Gasteiger partial charge in [0, 0.05) is 23.0 Å². The minimum Gasteiger partial charge on any atom is -0.358 e. The van der Waals surface area contributed by atoms with E-state index in [9.17, 15) is 0 Å². The molecule has 0 aliphatic rings. The molecule has 3 aromatic rings. The molecule has 0 atom stereocenters. The molecule has 0 aliphatic heterocycles. The minimum absolute atomic E-state index is 0.702. The van der Waals surface area contributed by atoms with Gasteiger partial charge in [-0.1, -0.05) is 30.3 Å². The number of nitriles is 1. The van der Waals surface area contributed by atoms with Crippen molar-refractivity contribution in [3.05, 3.63) is 71.4 Å². The van der Waals surface area contributed by atoms with Crippen molar-refractivity contribution < 1.29 is 0 Å². The molecule has 2 heteroatoms. The fourth-order valence-electron chi connectivity index (χ4n) is 2.17. The summed E-state index contributed by atoms with van der Waals surface area (Å²) in [7, 11) is 0. The normalized spacial score (nSPS) is 10.4. The van der Waals surface area contributed by atoms with Crippen LogP contribution < -0.4 is 0 Å². The fraction of sp³-hybridized carbons (Fsp3) is 0.0625. The van der Waals surface area contributed by atoms with Crippen molar-refractivity contribution >= 4 is 10.9 Å². The summed E-state index contributed by atoms with van der Waals surface area (Å²) in [5, 5.41) is 9.98. The van der Waals surface area contributed by atoms with E-state index < -0.39 is 0 Å². The highest BCUT2D eigenvalue weighted by Gasteiger charge is 2.02. The van der Waals surface area contributed by atoms with Crippen molar-refractivity contribution in [3.63, 3.8) is 0 Å². The first-order chi connectivity index (χ1) is 8.85. The Kier molecular flexibility index (Phi) is 2.59. The Morgan fingerprint density at radius 3 is 2.61 bits per heavy atom. The summed E-state index contributed by atoms with van der Waals surface area (Å²) in [5.41, 5.74) is 4.24. The summed E-state index contributed by atoms with van der Waals surface area (Å²) in [5.74, 6) is 0. The Morgan fingerprint density at radius 2 is 1.83 bits per heavy atom. The van der Waals surface area contributed by atoms with Crippen LogP contribution in [0.25, 0.3) is 10.9 Å². The summed E-state index contributed by atoms with van der Waals surface area (Å²) in [6.45, 7) is 0. The zero-order valence-electron chi connectivity index (χ0n) is 9.85. The summed E-state index contributed by atoms with van der Waals surface area (Å²) < 4.78 is 0. The lowest BCUT2D eigenvalue weighted by atomic mass is 10.1. The predicted molar refractivity (Wildman–Crippen MR) is 72.3 cm³/mol. The molecule has 3 rings (SSSR count). The zero-order valence-corrected chi connectivity index (χ0v) is 9.85. The highest BCUT2D eigenvalue weighted by molar-refractivity contribution is 5.81. The summed E-state index contributed by atoms with van der Waals surface area (Å²) in [6, 6.07) is 20.3. The van der Waals surface area contributed by atoms with Gasteiger partial charge in [0.1, 0.15) is 0 Å². The second-order valence-corrected chi connectivity index (χ2v) is 4.37. The van der Waals surface area contributed by atoms with E-state index in [1.54, 1.807) is 0 Å². The van der Waals surface area contributed by atoms with Gasteiger partial charge in [0.25, 0.3) is 0 Å². The van der Waals surface area contributed by atoms with Crippen LogP contribution in [0, 0.1) is 11.3 Å². The number of hydrogen-bond donors (Lipinski definition) is 1. The first kappa shape index (κ1) is 10.6. The van der Waals surface area contributed by atoms with Crippen LogP contribution in [0.2, 0.25) is 0 Å². The van der Waals surface area contributed by atoms with Crippen molar-refractivity contribution in [1.82, 2.24) is 4.98 Å². The molecule has 0 amide bonds. The van der Waals surface area contributed by atoms with Gasteiger partial charge in [0.2, 0.25) is 0 Å². The number of fused-ring (bicyclic) bond motifs is 1. The maximum Gasteiger partial charge on any atom is 0.0991 e. The van der Waals surface area contributed by atoms with Crippen LogP contribution in [0.5, 0.6) is 0 Å². The third kappa shape index (κ3) is 1.99. The average molecular weight is 232 g/mol. The van der Waals surface area contributed by atoms with E-state index in [1.807, 2.05) is 36.4 Å². The number of nitrogens with one attached hydrogen (secondary N) is 1. The monoisotopic (exact) mass is 232 g/mol. The molecular weight excluding hydrogens is 220 g/mol. The Hall–Kier alpha value is -2.53. The largest absolute Gasteiger partial charge is 0.358 e. The molecule has 0 unspecified atom stereocenters. The first-order valence-electron chi connectivity index (χ1n) is 5.91. The van der Waals surface area contributed by atoms with Gasteiger partial charge in [0.15, 0.2) is 0 Å². The van der Waals surface area contributed by atoms with Crippen LogP contribution in [0.1, 0.15) is 16.8 Å². The van der Waals surface area contributed by atoms with E-state index in [-0.39, 0.29) is 0 Å². The van der Waals surface area contributed by atoms with Crippen LogP contribution in [-0.4, -0.2) is 4.98 Å². The Balaban J connectivity index is 1.97. The van der Waals surface area contributed by atoms with Crippen LogP contribution >= 0.6 is 0 Å². The molecule has 1 aromatic heterocycles. The van der Waals surface area contributed by atoms with Crippen molar-refractivity contribution in [2.45, 2.75) is 6.42 Å². The number of aromatic nitrogens is 1. The standard InChI is InChI=1S/C16H12N2/c17-11-13-6-7-16-14(8-13)10-15(18-16)9-12-4-2-1-3-5-12/h1-8,10,18H,9H2. The molecule has 2 nitrogen and oxygen atoms in total. The molecule has 18 heavy (non-hydrogen) atoms. The molecule has 0 bridgehead atoms. The van der Waals surface area contributed by atoms with Crippen molar-refractivity contribution in [1.29, 1.82) is 5.26 Å². The van der Waals surface area contributed by atoms with Crippen LogP contribution in [0.3, 0.4) is 0 Å². The Labute approximate surface area is 106 Å². The van der Waals surface area contributed by atoms with Crippen LogP contribution in [0.4, 0.5) is 0 Å². The van der Waals surface area contributed by atoms with Crippen molar-refractivity contribution in [3.8, 4) is 6.07 Å². The lowest BCUT2D eigenvalue weighted by molar-refractivity contribution is 1.12. The van der Waals surface area contributed by atoms with E-state index in [1.165, 1.54) is 11.3 Å². The molecule has 86 valence electrons. The molecule has 1 N–H and O–H groups in total. The highest BCUT2D eigenvalue weighted by Crippen LogP contribution is 2.19. The number of hydrogen-bond acceptors (Lipinski definition) is 1. The van der Waals surface area contributed by atoms with Crippen molar-refractivity contribution in [2.75, 3.05) is 0 Å². The van der Waals surface area contributed by atoms with Gasteiger partial charge in [-0.25, -0.2) is 0 Å². The second kappa shape index (κ2) is 4.38. The lowest BCUT2D eigenvalue weighted by Gasteiger charge is -1.97. The maximum atomic E-state index is 8.88. The van der Waals surface area contributed by atoms with Gasteiger partial charge in [-0.05, 0) is 29.8 Å². The first-order valence-corrected chi connectivity index (χ1v) is 5.91. The van der Waals surface area contributed by atoms with Gasteiger partial charge in [0.05, 0.1) is 11.6 Å². The van der Waals surface area contributed by atoms with E-state index in [0.717, 1.165) is 17.3 Å². The molecular formula is C16H12N2. The smallest absolute Gasteiger partial charge is 0.0991 e. The molecule has 0 fully saturated rings. The quantitative estimate of drug-likeness (QED) is 0.720. The fourth-order valence-corrected chi connectivity index (χ4v) is 2.17. The Morgan fingerprint density at radius 1 is 1.00 bits per heavy atom. The van der Waals surface area contributed by atoms with Crippen LogP contribution in [0.15, 0.2) is 54.6 Å². The Bertz CT molecular complexity index is 718. The van der Waals surface area contributed by atoms with Gasteiger partial charge in [-0.3, -0.25) is 0 Å². The number of H-pyrrole nitrogens is 1. The van der Waals surface area contributed by atoms with E-state index >= 15 is 0 Å². The summed E-state index contributed by atoms with van der Waals surface area (Å²) in [4.78, 5) is 3.39. The van der Waals surface area contributed by atoms with Gasteiger partial charge >= 0.3 is 0 Å². The summed E-state index contributed by atoms with van der Waals surface area (Å²) in [6.07, 6.45) is 0.886. The maximum absolute atomic E-state index is 8.88. The van der Waals surface area contributed by atoms with Gasteiger partial charge in [-0.15, -0.1) is 0 Å². The predicted octanol–water partition coefficient (Wildman–Crippen LogP) is 3.63. The van der Waals surface area contributed by atoms with Crippen LogP contribution in [-0.2, 0) is 6.42 Å². The van der Waals surface area contributed by atoms with Gasteiger partial charge < -0.3 is 4.98 Å². The molecule has 1 heterocycles. The number of nitrogens with zero attached hydrogens (tertiary/aromatic N) is 1. The third-order valence-corrected chi connectivity index (χ3v) is 3.04. The van der Waals surface area contributed by atoms with E-state index in [4.69, 9.17) is 5.26 Å². The molecule has 2 aromatic carbocycles. The molecule has 0 spiro atoms. The third-order valence-electron chi connectivity index (χ3n) is 3.04. The molecule has 0 saturated heterocycles. The molecule has 0 radical (unpaired) electrons. The molecule has 0 saturated carbocycles. The van der Waals surface area contributed by atoms with Gasteiger partial charge in [-0.2, -0.15) is 5.26 Å². The van der Waals surface area contributed by atoms with Crippen molar-refractivity contribution in [2.24, 2.45) is 0 Å². The van der Waals surface area contributed by atoms with E-state index in [0.29, 0.717) is 5.56 Å². The number of rotatable bonds is 2. The number of aromatic amines is 1. The highest BCUT2D eigenvalue weighted by atomic mass is 14.7.